The largest absolute Gasteiger partial charge is 0.486 e. The van der Waals surface area contributed by atoms with E-state index < -0.39 is 44.0 Å². The summed E-state index contributed by atoms with van der Waals surface area (Å²) in [5, 5.41) is 9.89. The first kappa shape index (κ1) is 30.5. The smallest absolute Gasteiger partial charge is 0.262 e. The van der Waals surface area contributed by atoms with E-state index in [0.717, 1.165) is 5.56 Å². The van der Waals surface area contributed by atoms with Crippen LogP contribution in [0.2, 0.25) is 0 Å². The minimum Gasteiger partial charge on any atom is -0.486 e. The van der Waals surface area contributed by atoms with Crippen LogP contribution in [0, 0.1) is 12.8 Å². The third-order valence-corrected chi connectivity index (χ3v) is 10.4. The van der Waals surface area contributed by atoms with Crippen molar-refractivity contribution < 1.29 is 31.5 Å². The molecule has 0 fully saturated rings. The zero-order valence-electron chi connectivity index (χ0n) is 23.4. The highest BCUT2D eigenvalue weighted by molar-refractivity contribution is 7.92. The number of aliphatic hydroxyl groups is 1. The molecule has 220 valence electrons. The highest BCUT2D eigenvalue weighted by Gasteiger charge is 2.36. The van der Waals surface area contributed by atoms with Crippen molar-refractivity contribution in [3.8, 4) is 5.75 Å². The second-order valence-electron chi connectivity index (χ2n) is 10.3. The number of carbonyl (C=O) groups excluding carboxylic acids is 1. The molecule has 3 atom stereocenters. The van der Waals surface area contributed by atoms with Crippen LogP contribution in [0.15, 0.2) is 82.6 Å². The van der Waals surface area contributed by atoms with Crippen molar-refractivity contribution in [1.82, 2.24) is 9.21 Å². The molecule has 3 aromatic rings. The number of anilines is 1. The highest BCUT2D eigenvalue weighted by Crippen LogP contribution is 2.36. The Labute approximate surface area is 241 Å². The number of aryl methyl sites for hydroxylation is 1. The number of nitrogens with one attached hydrogen (secondary N) is 1. The highest BCUT2D eigenvalue weighted by atomic mass is 32.2. The predicted molar refractivity (Wildman–Crippen MR) is 156 cm³/mol. The van der Waals surface area contributed by atoms with Crippen molar-refractivity contribution in [3.05, 3.63) is 83.9 Å². The normalized spacial score (nSPS) is 18.7. The number of ether oxygens (including phenoxy) is 1. The molecule has 0 saturated heterocycles. The summed E-state index contributed by atoms with van der Waals surface area (Å²) in [6.45, 7) is 5.21. The molecule has 1 aliphatic heterocycles. The number of amides is 1. The van der Waals surface area contributed by atoms with Gasteiger partial charge in [0, 0.05) is 19.5 Å². The van der Waals surface area contributed by atoms with E-state index in [1.807, 2.05) is 13.8 Å². The van der Waals surface area contributed by atoms with Gasteiger partial charge >= 0.3 is 0 Å². The Kier molecular flexibility index (Phi) is 9.07. The summed E-state index contributed by atoms with van der Waals surface area (Å²) in [5.41, 5.74) is 1.06. The second kappa shape index (κ2) is 12.2. The van der Waals surface area contributed by atoms with Crippen molar-refractivity contribution in [3.63, 3.8) is 0 Å². The van der Waals surface area contributed by atoms with Crippen molar-refractivity contribution in [2.45, 2.75) is 42.7 Å². The van der Waals surface area contributed by atoms with Gasteiger partial charge in [-0.15, -0.1) is 0 Å². The van der Waals surface area contributed by atoms with E-state index >= 15 is 0 Å². The summed E-state index contributed by atoms with van der Waals surface area (Å²) < 4.78 is 63.3. The van der Waals surface area contributed by atoms with Gasteiger partial charge in [-0.25, -0.2) is 16.8 Å². The molecule has 0 unspecified atom stereocenters. The molecular weight excluding hydrogens is 566 g/mol. The summed E-state index contributed by atoms with van der Waals surface area (Å²) in [5.74, 6) is -0.839. The molecule has 0 saturated carbocycles. The van der Waals surface area contributed by atoms with Gasteiger partial charge in [0.1, 0.15) is 6.10 Å². The van der Waals surface area contributed by atoms with Crippen LogP contribution in [0.3, 0.4) is 0 Å². The van der Waals surface area contributed by atoms with Gasteiger partial charge in [-0.05, 0) is 50.2 Å². The molecule has 4 rings (SSSR count). The number of carbonyl (C=O) groups is 1. The van der Waals surface area contributed by atoms with Gasteiger partial charge in [-0.1, -0.05) is 48.9 Å². The van der Waals surface area contributed by atoms with E-state index in [2.05, 4.69) is 4.72 Å². The summed E-state index contributed by atoms with van der Waals surface area (Å²) in [6.07, 6.45) is -0.775. The third kappa shape index (κ3) is 6.56. The first-order valence-corrected chi connectivity index (χ1v) is 16.1. The van der Waals surface area contributed by atoms with Crippen LogP contribution in [0.1, 0.15) is 29.8 Å². The summed E-state index contributed by atoms with van der Waals surface area (Å²) in [6, 6.07) is 18.3. The Balaban J connectivity index is 1.76. The molecule has 0 aromatic heterocycles. The van der Waals surface area contributed by atoms with Gasteiger partial charge in [0.2, 0.25) is 10.0 Å². The average molecular weight is 602 g/mol. The first-order valence-electron chi connectivity index (χ1n) is 13.2. The molecule has 41 heavy (non-hydrogen) atoms. The Morgan fingerprint density at radius 2 is 1.66 bits per heavy atom. The molecule has 2 N–H and O–H groups in total. The standard InChI is InChI=1S/C29H35N3O7S2/c1-20-13-15-24(16-14-20)41(37,38)31(4)18-27-21(2)17-32(22(3)19-33)29(34)25-11-8-12-26(28(25)39-27)30-40(35,36)23-9-6-5-7-10-23/h5-16,21-22,27,30,33H,17-19H2,1-4H3/t21-,22-,27-/m0/s1. The molecular formula is C29H35N3O7S2. The minimum atomic E-state index is -4.04. The van der Waals surface area contributed by atoms with Crippen LogP contribution < -0.4 is 9.46 Å². The maximum absolute atomic E-state index is 13.7. The number of benzene rings is 3. The number of rotatable bonds is 9. The fourth-order valence-electron chi connectivity index (χ4n) is 4.59. The molecule has 1 heterocycles. The fraction of sp³-hybridized carbons (Fsp3) is 0.345. The monoisotopic (exact) mass is 601 g/mol. The fourth-order valence-corrected chi connectivity index (χ4v) is 6.85. The Bertz CT molecular complexity index is 1600. The maximum atomic E-state index is 13.7. The minimum absolute atomic E-state index is 0.00942. The maximum Gasteiger partial charge on any atom is 0.262 e. The van der Waals surface area contributed by atoms with E-state index in [-0.39, 0.29) is 46.5 Å². The number of para-hydroxylation sites is 1. The summed E-state index contributed by atoms with van der Waals surface area (Å²) in [7, 11) is -6.46. The summed E-state index contributed by atoms with van der Waals surface area (Å²) >= 11 is 0. The van der Waals surface area contributed by atoms with Gasteiger partial charge < -0.3 is 14.7 Å². The number of sulfonamides is 2. The lowest BCUT2D eigenvalue weighted by Gasteiger charge is -2.38. The van der Waals surface area contributed by atoms with Crippen LogP contribution in [0.5, 0.6) is 5.75 Å². The number of aliphatic hydroxyl groups excluding tert-OH is 1. The van der Waals surface area contributed by atoms with Crippen molar-refractivity contribution in [1.29, 1.82) is 0 Å². The van der Waals surface area contributed by atoms with Gasteiger partial charge in [0.15, 0.2) is 5.75 Å². The predicted octanol–water partition coefficient (Wildman–Crippen LogP) is 3.34. The Morgan fingerprint density at radius 3 is 2.29 bits per heavy atom. The lowest BCUT2D eigenvalue weighted by Crippen LogP contribution is -2.50. The number of hydrogen-bond acceptors (Lipinski definition) is 7. The van der Waals surface area contributed by atoms with Gasteiger partial charge in [-0.2, -0.15) is 4.31 Å². The van der Waals surface area contributed by atoms with E-state index in [0.29, 0.717) is 0 Å². The molecule has 1 aliphatic rings. The number of hydrogen-bond donors (Lipinski definition) is 2. The van der Waals surface area contributed by atoms with E-state index in [1.165, 1.54) is 40.5 Å². The quantitative estimate of drug-likeness (QED) is 0.384. The molecule has 0 bridgehead atoms. The van der Waals surface area contributed by atoms with E-state index in [1.54, 1.807) is 55.5 Å². The second-order valence-corrected chi connectivity index (χ2v) is 14.0. The first-order chi connectivity index (χ1) is 19.3. The molecule has 10 nitrogen and oxygen atoms in total. The molecule has 0 spiro atoms. The number of likely N-dealkylation sites (N-methyl/N-ethyl adjacent to an activating group) is 1. The van der Waals surface area contributed by atoms with Crippen molar-refractivity contribution >= 4 is 31.6 Å². The van der Waals surface area contributed by atoms with E-state index in [4.69, 9.17) is 4.74 Å². The SMILES string of the molecule is Cc1ccc(S(=O)(=O)N(C)C[C@@H]2Oc3c(NS(=O)(=O)c4ccccc4)cccc3C(=O)N([C@@H](C)CO)C[C@@H]2C)cc1. The van der Waals surface area contributed by atoms with Crippen LogP contribution in [0.4, 0.5) is 5.69 Å². The zero-order chi connectivity index (χ0) is 29.9. The average Bonchev–Trinajstić information content (AvgIpc) is 2.95. The van der Waals surface area contributed by atoms with Crippen LogP contribution in [0.25, 0.3) is 0 Å². The Hall–Kier alpha value is -3.45. The van der Waals surface area contributed by atoms with Crippen LogP contribution in [-0.4, -0.2) is 75.9 Å². The third-order valence-electron chi connectivity index (χ3n) is 7.16. The number of fused-ring (bicyclic) bond motifs is 1. The lowest BCUT2D eigenvalue weighted by atomic mass is 9.99. The molecule has 1 amide bonds. The van der Waals surface area contributed by atoms with Crippen molar-refractivity contribution in [2.24, 2.45) is 5.92 Å². The lowest BCUT2D eigenvalue weighted by molar-refractivity contribution is 0.0389. The van der Waals surface area contributed by atoms with Crippen molar-refractivity contribution in [2.75, 3.05) is 31.5 Å². The van der Waals surface area contributed by atoms with Crippen LogP contribution >= 0.6 is 0 Å². The molecule has 0 aliphatic carbocycles. The van der Waals surface area contributed by atoms with Gasteiger partial charge in [-0.3, -0.25) is 9.52 Å². The van der Waals surface area contributed by atoms with E-state index in [9.17, 15) is 26.7 Å². The molecule has 0 radical (unpaired) electrons. The van der Waals surface area contributed by atoms with Gasteiger partial charge in [0.05, 0.1) is 40.2 Å². The topological polar surface area (TPSA) is 133 Å². The van der Waals surface area contributed by atoms with Crippen LogP contribution in [-0.2, 0) is 20.0 Å². The summed E-state index contributed by atoms with van der Waals surface area (Å²) in [4.78, 5) is 15.3. The molecule has 3 aromatic carbocycles. The zero-order valence-corrected chi connectivity index (χ0v) is 25.0. The Morgan fingerprint density at radius 1 is 1.00 bits per heavy atom. The molecule has 12 heteroatoms. The number of nitrogens with zero attached hydrogens (tertiary/aromatic N) is 2. The van der Waals surface area contributed by atoms with Gasteiger partial charge in [0.25, 0.3) is 15.9 Å².